The third-order valence-electron chi connectivity index (χ3n) is 4.03. The molecule has 3 nitrogen and oxygen atoms in total. The van der Waals surface area contributed by atoms with E-state index >= 15 is 0 Å². The van der Waals surface area contributed by atoms with Gasteiger partial charge in [-0.05, 0) is 58.3 Å². The molecule has 1 heterocycles. The van der Waals surface area contributed by atoms with E-state index in [4.69, 9.17) is 0 Å². The zero-order chi connectivity index (χ0) is 12.0. The lowest BCUT2D eigenvalue weighted by molar-refractivity contribution is -0.0114. The fraction of sp³-hybridized carbons (Fsp3) is 1.00. The van der Waals surface area contributed by atoms with Crippen molar-refractivity contribution in [2.24, 2.45) is 5.92 Å². The van der Waals surface area contributed by atoms with Crippen LogP contribution in [0.2, 0.25) is 0 Å². The van der Waals surface area contributed by atoms with E-state index in [0.29, 0.717) is 0 Å². The molecular weight excluding hydrogens is 200 g/mol. The highest BCUT2D eigenvalue weighted by Crippen LogP contribution is 2.21. The second kappa shape index (κ2) is 6.58. The summed E-state index contributed by atoms with van der Waals surface area (Å²) in [6, 6.07) is 0. The summed E-state index contributed by atoms with van der Waals surface area (Å²) in [5.41, 5.74) is -0.462. The van der Waals surface area contributed by atoms with Gasteiger partial charge in [0.1, 0.15) is 0 Å². The van der Waals surface area contributed by atoms with Gasteiger partial charge in [0.2, 0.25) is 0 Å². The highest BCUT2D eigenvalue weighted by Gasteiger charge is 2.27. The lowest BCUT2D eigenvalue weighted by atomic mass is 9.92. The number of β-amino-alcohol motifs (C(OH)–C–C–N with tert-alkyl or cyclic N) is 1. The molecule has 0 spiro atoms. The van der Waals surface area contributed by atoms with Gasteiger partial charge in [0.15, 0.2) is 0 Å². The SMILES string of the molecule is CCC(O)(CC)CN1CCC(CNC)CC1. The second-order valence-corrected chi connectivity index (χ2v) is 5.21. The Bertz CT molecular complexity index is 184. The third-order valence-corrected chi connectivity index (χ3v) is 4.03. The Morgan fingerprint density at radius 2 is 1.81 bits per heavy atom. The van der Waals surface area contributed by atoms with Crippen LogP contribution < -0.4 is 5.32 Å². The number of nitrogens with zero attached hydrogens (tertiary/aromatic N) is 1. The first kappa shape index (κ1) is 13.9. The Hall–Kier alpha value is -0.120. The number of piperidine rings is 1. The van der Waals surface area contributed by atoms with Crippen molar-refractivity contribution in [2.75, 3.05) is 33.2 Å². The molecular formula is C13H28N2O. The zero-order valence-corrected chi connectivity index (χ0v) is 11.1. The number of nitrogens with one attached hydrogen (secondary N) is 1. The topological polar surface area (TPSA) is 35.5 Å². The fourth-order valence-corrected chi connectivity index (χ4v) is 2.53. The van der Waals surface area contributed by atoms with Gasteiger partial charge >= 0.3 is 0 Å². The molecule has 0 amide bonds. The maximum Gasteiger partial charge on any atom is 0.0768 e. The molecule has 0 bridgehead atoms. The number of aliphatic hydroxyl groups is 1. The lowest BCUT2D eigenvalue weighted by Crippen LogP contribution is -2.46. The van der Waals surface area contributed by atoms with E-state index in [9.17, 15) is 5.11 Å². The summed E-state index contributed by atoms with van der Waals surface area (Å²) in [5, 5.41) is 13.6. The predicted octanol–water partition coefficient (Wildman–Crippen LogP) is 1.47. The molecule has 0 aliphatic carbocycles. The molecule has 1 fully saturated rings. The summed E-state index contributed by atoms with van der Waals surface area (Å²) in [6.07, 6.45) is 4.26. The van der Waals surface area contributed by atoms with Gasteiger partial charge in [0, 0.05) is 6.54 Å². The minimum atomic E-state index is -0.462. The van der Waals surface area contributed by atoms with Crippen LogP contribution in [0.4, 0.5) is 0 Å². The van der Waals surface area contributed by atoms with Gasteiger partial charge in [-0.15, -0.1) is 0 Å². The van der Waals surface area contributed by atoms with Crippen molar-refractivity contribution in [3.05, 3.63) is 0 Å². The molecule has 0 aromatic carbocycles. The van der Waals surface area contributed by atoms with E-state index in [-0.39, 0.29) is 0 Å². The average molecular weight is 228 g/mol. The third kappa shape index (κ3) is 4.04. The minimum Gasteiger partial charge on any atom is -0.389 e. The molecule has 1 aliphatic heterocycles. The second-order valence-electron chi connectivity index (χ2n) is 5.21. The average Bonchev–Trinajstić information content (AvgIpc) is 2.32. The Labute approximate surface area is 100 Å². The van der Waals surface area contributed by atoms with E-state index < -0.39 is 5.60 Å². The first-order chi connectivity index (χ1) is 7.63. The Morgan fingerprint density at radius 3 is 2.25 bits per heavy atom. The van der Waals surface area contributed by atoms with Gasteiger partial charge in [-0.2, -0.15) is 0 Å². The van der Waals surface area contributed by atoms with E-state index in [0.717, 1.165) is 44.9 Å². The Kier molecular flexibility index (Phi) is 5.73. The van der Waals surface area contributed by atoms with Crippen molar-refractivity contribution in [1.82, 2.24) is 10.2 Å². The van der Waals surface area contributed by atoms with Crippen molar-refractivity contribution >= 4 is 0 Å². The van der Waals surface area contributed by atoms with Crippen molar-refractivity contribution in [1.29, 1.82) is 0 Å². The summed E-state index contributed by atoms with van der Waals surface area (Å²) < 4.78 is 0. The van der Waals surface area contributed by atoms with Crippen LogP contribution in [0.3, 0.4) is 0 Å². The van der Waals surface area contributed by atoms with Crippen molar-refractivity contribution in [3.63, 3.8) is 0 Å². The van der Waals surface area contributed by atoms with Crippen molar-refractivity contribution in [2.45, 2.75) is 45.1 Å². The standard InChI is InChI=1S/C13H28N2O/c1-4-13(16,5-2)11-15-8-6-12(7-9-15)10-14-3/h12,14,16H,4-11H2,1-3H3. The van der Waals surface area contributed by atoms with E-state index in [2.05, 4.69) is 24.1 Å². The molecule has 1 rings (SSSR count). The van der Waals surface area contributed by atoms with Gasteiger partial charge in [-0.25, -0.2) is 0 Å². The molecule has 3 heteroatoms. The van der Waals surface area contributed by atoms with Crippen LogP contribution in [0.1, 0.15) is 39.5 Å². The smallest absolute Gasteiger partial charge is 0.0768 e. The Balaban J connectivity index is 2.31. The normalized spacial score (nSPS) is 20.2. The van der Waals surface area contributed by atoms with Crippen LogP contribution in [0.5, 0.6) is 0 Å². The van der Waals surface area contributed by atoms with E-state index in [1.165, 1.54) is 12.8 Å². The molecule has 16 heavy (non-hydrogen) atoms. The number of likely N-dealkylation sites (tertiary alicyclic amines) is 1. The molecule has 0 aromatic rings. The van der Waals surface area contributed by atoms with Crippen LogP contribution in [-0.2, 0) is 0 Å². The van der Waals surface area contributed by atoms with Crippen LogP contribution in [-0.4, -0.2) is 48.8 Å². The highest BCUT2D eigenvalue weighted by atomic mass is 16.3. The maximum atomic E-state index is 10.3. The molecule has 0 saturated carbocycles. The summed E-state index contributed by atoms with van der Waals surface area (Å²) >= 11 is 0. The molecule has 1 saturated heterocycles. The molecule has 2 N–H and O–H groups in total. The maximum absolute atomic E-state index is 10.3. The van der Waals surface area contributed by atoms with Crippen LogP contribution in [0.25, 0.3) is 0 Å². The van der Waals surface area contributed by atoms with Gasteiger partial charge in [-0.1, -0.05) is 13.8 Å². The first-order valence-corrected chi connectivity index (χ1v) is 6.73. The largest absolute Gasteiger partial charge is 0.389 e. The zero-order valence-electron chi connectivity index (χ0n) is 11.1. The number of rotatable bonds is 6. The van der Waals surface area contributed by atoms with E-state index in [1.54, 1.807) is 0 Å². The lowest BCUT2D eigenvalue weighted by Gasteiger charge is -2.37. The van der Waals surface area contributed by atoms with Crippen LogP contribution >= 0.6 is 0 Å². The van der Waals surface area contributed by atoms with Gasteiger partial charge < -0.3 is 15.3 Å². The van der Waals surface area contributed by atoms with Gasteiger partial charge in [0.25, 0.3) is 0 Å². The van der Waals surface area contributed by atoms with Gasteiger partial charge in [-0.3, -0.25) is 0 Å². The minimum absolute atomic E-state index is 0.462. The highest BCUT2D eigenvalue weighted by molar-refractivity contribution is 4.82. The summed E-state index contributed by atoms with van der Waals surface area (Å²) in [4.78, 5) is 2.43. The number of hydrogen-bond donors (Lipinski definition) is 2. The fourth-order valence-electron chi connectivity index (χ4n) is 2.53. The van der Waals surface area contributed by atoms with Crippen molar-refractivity contribution in [3.8, 4) is 0 Å². The van der Waals surface area contributed by atoms with Crippen LogP contribution in [0, 0.1) is 5.92 Å². The first-order valence-electron chi connectivity index (χ1n) is 6.73. The summed E-state index contributed by atoms with van der Waals surface area (Å²) in [5.74, 6) is 0.831. The monoisotopic (exact) mass is 228 g/mol. The quantitative estimate of drug-likeness (QED) is 0.722. The molecule has 1 aliphatic rings. The Morgan fingerprint density at radius 1 is 1.25 bits per heavy atom. The molecule has 0 radical (unpaired) electrons. The predicted molar refractivity (Wildman–Crippen MR) is 68.6 cm³/mol. The van der Waals surface area contributed by atoms with Gasteiger partial charge in [0.05, 0.1) is 5.60 Å². The van der Waals surface area contributed by atoms with E-state index in [1.807, 2.05) is 7.05 Å². The molecule has 0 unspecified atom stereocenters. The summed E-state index contributed by atoms with van der Waals surface area (Å²) in [6.45, 7) is 8.45. The molecule has 96 valence electrons. The summed E-state index contributed by atoms with van der Waals surface area (Å²) in [7, 11) is 2.03. The molecule has 0 atom stereocenters. The number of hydrogen-bond acceptors (Lipinski definition) is 3. The molecule has 0 aromatic heterocycles. The van der Waals surface area contributed by atoms with Crippen molar-refractivity contribution < 1.29 is 5.11 Å². The van der Waals surface area contributed by atoms with Crippen LogP contribution in [0.15, 0.2) is 0 Å².